The molecule has 0 aliphatic carbocycles. The van der Waals surface area contributed by atoms with Gasteiger partial charge in [-0.25, -0.2) is 0 Å². The molecule has 2 atom stereocenters. The second kappa shape index (κ2) is 10.9. The summed E-state index contributed by atoms with van der Waals surface area (Å²) >= 11 is 13.4. The zero-order chi connectivity index (χ0) is 24.3. The average Bonchev–Trinajstić information content (AvgIpc) is 2.77. The fourth-order valence-electron chi connectivity index (χ4n) is 4.55. The summed E-state index contributed by atoms with van der Waals surface area (Å²) in [5.41, 5.74) is 3.62. The molecule has 2 N–H and O–H groups in total. The highest BCUT2D eigenvalue weighted by Gasteiger charge is 2.33. The van der Waals surface area contributed by atoms with E-state index in [-0.39, 0.29) is 36.5 Å². The number of pyridine rings is 1. The van der Waals surface area contributed by atoms with Crippen LogP contribution in [0.4, 0.5) is 0 Å². The fourth-order valence-corrected chi connectivity index (χ4v) is 5.24. The molecule has 2 aromatic rings. The number of ether oxygens (including phenoxy) is 1. The van der Waals surface area contributed by atoms with Gasteiger partial charge >= 0.3 is 0 Å². The molecular weight excluding hydrogens is 463 g/mol. The number of nitrogens with zero attached hydrogens (tertiary/aromatic N) is 1. The summed E-state index contributed by atoms with van der Waals surface area (Å²) < 4.78 is 5.19. The van der Waals surface area contributed by atoms with Crippen LogP contribution in [-0.4, -0.2) is 47.8 Å². The van der Waals surface area contributed by atoms with Crippen LogP contribution in [0.25, 0.3) is 0 Å². The Labute approximate surface area is 204 Å². The van der Waals surface area contributed by atoms with Crippen LogP contribution < -0.4 is 5.56 Å². The smallest absolute Gasteiger partial charge is 0.256 e. The Kier molecular flexibility index (Phi) is 8.40. The standard InChI is InChI=1S/C25H30Cl2N2O4/c1-5-16(7-9-33-4)20(13-30)18-11-21(26)17-6-8-29(25(32)22(17)23(18)27)12-19-14(2)10-15(3)28-24(19)31/h5,10-11,16,20,30H,1,6-9,12-13H2,2-4H3,(H,28,31)/t16-,20-/m1/s1. The molecule has 0 unspecified atom stereocenters. The molecule has 0 saturated heterocycles. The maximum absolute atomic E-state index is 13.5. The molecule has 0 bridgehead atoms. The number of hydrogen-bond donors (Lipinski definition) is 2. The van der Waals surface area contributed by atoms with E-state index in [0.717, 1.165) is 11.3 Å². The number of aromatic amines is 1. The van der Waals surface area contributed by atoms with Crippen LogP contribution in [0.15, 0.2) is 29.6 Å². The molecule has 1 aliphatic rings. The second-order valence-corrected chi connectivity index (χ2v) is 9.29. The van der Waals surface area contributed by atoms with Crippen molar-refractivity contribution in [3.63, 3.8) is 0 Å². The van der Waals surface area contributed by atoms with Crippen LogP contribution in [0.5, 0.6) is 0 Å². The van der Waals surface area contributed by atoms with E-state index in [0.29, 0.717) is 58.3 Å². The number of fused-ring (bicyclic) bond motifs is 1. The first kappa shape index (κ1) is 25.5. The molecule has 0 saturated carbocycles. The molecule has 1 aromatic carbocycles. The molecule has 1 aromatic heterocycles. The van der Waals surface area contributed by atoms with Crippen molar-refractivity contribution < 1.29 is 14.6 Å². The van der Waals surface area contributed by atoms with Crippen molar-refractivity contribution in [1.82, 2.24) is 9.88 Å². The van der Waals surface area contributed by atoms with Gasteiger partial charge in [-0.15, -0.1) is 6.58 Å². The first-order valence-corrected chi connectivity index (χ1v) is 11.7. The van der Waals surface area contributed by atoms with E-state index < -0.39 is 0 Å². The molecule has 8 heteroatoms. The van der Waals surface area contributed by atoms with Crippen LogP contribution >= 0.6 is 23.2 Å². The maximum atomic E-state index is 13.5. The lowest BCUT2D eigenvalue weighted by Gasteiger charge is -2.32. The van der Waals surface area contributed by atoms with Crippen LogP contribution in [0.1, 0.15) is 50.6 Å². The van der Waals surface area contributed by atoms with Gasteiger partial charge in [-0.3, -0.25) is 9.59 Å². The first-order chi connectivity index (χ1) is 15.7. The Hall–Kier alpha value is -2.12. The summed E-state index contributed by atoms with van der Waals surface area (Å²) in [5, 5.41) is 10.9. The third kappa shape index (κ3) is 5.19. The Balaban J connectivity index is 2.01. The lowest BCUT2D eigenvalue weighted by Crippen LogP contribution is -2.39. The van der Waals surface area contributed by atoms with E-state index in [1.165, 1.54) is 0 Å². The monoisotopic (exact) mass is 492 g/mol. The summed E-state index contributed by atoms with van der Waals surface area (Å²) in [6.45, 7) is 8.52. The molecule has 1 amide bonds. The van der Waals surface area contributed by atoms with Gasteiger partial charge in [0.05, 0.1) is 23.7 Å². The summed E-state index contributed by atoms with van der Waals surface area (Å²) in [6, 6.07) is 3.65. The quantitative estimate of drug-likeness (QED) is 0.507. The molecular formula is C25H30Cl2N2O4. The van der Waals surface area contributed by atoms with Crippen LogP contribution in [-0.2, 0) is 17.7 Å². The van der Waals surface area contributed by atoms with Crippen LogP contribution in [0.3, 0.4) is 0 Å². The van der Waals surface area contributed by atoms with Gasteiger partial charge in [-0.2, -0.15) is 0 Å². The first-order valence-electron chi connectivity index (χ1n) is 10.9. The Morgan fingerprint density at radius 3 is 2.64 bits per heavy atom. The summed E-state index contributed by atoms with van der Waals surface area (Å²) in [6.07, 6.45) is 2.94. The van der Waals surface area contributed by atoms with Gasteiger partial charge in [-0.05, 0) is 61.4 Å². The lowest BCUT2D eigenvalue weighted by molar-refractivity contribution is 0.0726. The largest absolute Gasteiger partial charge is 0.396 e. The van der Waals surface area contributed by atoms with E-state index in [1.54, 1.807) is 24.2 Å². The Morgan fingerprint density at radius 2 is 2.03 bits per heavy atom. The van der Waals surface area contributed by atoms with E-state index >= 15 is 0 Å². The number of carbonyl (C=O) groups is 1. The minimum Gasteiger partial charge on any atom is -0.396 e. The number of carbonyl (C=O) groups excluding carboxylic acids is 1. The van der Waals surface area contributed by atoms with E-state index in [2.05, 4.69) is 11.6 Å². The van der Waals surface area contributed by atoms with Gasteiger partial charge in [0.15, 0.2) is 0 Å². The molecule has 2 heterocycles. The number of halogens is 2. The van der Waals surface area contributed by atoms with Gasteiger partial charge in [0.1, 0.15) is 0 Å². The van der Waals surface area contributed by atoms with Crippen molar-refractivity contribution in [3.8, 4) is 0 Å². The summed E-state index contributed by atoms with van der Waals surface area (Å²) in [5.74, 6) is -0.753. The lowest BCUT2D eigenvalue weighted by atomic mass is 9.82. The number of hydrogen-bond acceptors (Lipinski definition) is 4. The molecule has 6 nitrogen and oxygen atoms in total. The van der Waals surface area contributed by atoms with Crippen molar-refractivity contribution in [3.05, 3.63) is 78.7 Å². The molecule has 3 rings (SSSR count). The molecule has 1 aliphatic heterocycles. The van der Waals surface area contributed by atoms with Crippen molar-refractivity contribution in [1.29, 1.82) is 0 Å². The summed E-state index contributed by atoms with van der Waals surface area (Å²) in [4.78, 5) is 30.5. The SMILES string of the molecule is C=C[C@H](CCOC)[C@@H](CO)c1cc(Cl)c2c(c1Cl)C(=O)N(Cc1c(C)cc(C)[nH]c1=O)CC2. The van der Waals surface area contributed by atoms with Crippen molar-refractivity contribution >= 4 is 29.1 Å². The highest BCUT2D eigenvalue weighted by Crippen LogP contribution is 2.41. The molecule has 0 spiro atoms. The number of nitrogens with one attached hydrogen (secondary N) is 1. The molecule has 178 valence electrons. The Morgan fingerprint density at radius 1 is 1.30 bits per heavy atom. The second-order valence-electron chi connectivity index (χ2n) is 8.50. The number of rotatable bonds is 9. The Bertz CT molecular complexity index is 1110. The number of aryl methyl sites for hydroxylation is 2. The molecule has 0 radical (unpaired) electrons. The van der Waals surface area contributed by atoms with Gasteiger partial charge in [0, 0.05) is 42.5 Å². The topological polar surface area (TPSA) is 82.6 Å². The molecule has 33 heavy (non-hydrogen) atoms. The fraction of sp³-hybridized carbons (Fsp3) is 0.440. The zero-order valence-electron chi connectivity index (χ0n) is 19.2. The predicted octanol–water partition coefficient (Wildman–Crippen LogP) is 4.41. The van der Waals surface area contributed by atoms with Crippen LogP contribution in [0.2, 0.25) is 10.0 Å². The number of amides is 1. The van der Waals surface area contributed by atoms with Gasteiger partial charge < -0.3 is 19.7 Å². The number of allylic oxidation sites excluding steroid dienone is 1. The molecule has 0 fully saturated rings. The van der Waals surface area contributed by atoms with Gasteiger partial charge in [-0.1, -0.05) is 29.3 Å². The van der Waals surface area contributed by atoms with Crippen molar-refractivity contribution in [2.75, 3.05) is 26.9 Å². The van der Waals surface area contributed by atoms with Gasteiger partial charge in [0.25, 0.3) is 11.5 Å². The number of H-pyrrole nitrogens is 1. The maximum Gasteiger partial charge on any atom is 0.256 e. The number of aliphatic hydroxyl groups excluding tert-OH is 1. The van der Waals surface area contributed by atoms with Crippen LogP contribution in [0, 0.1) is 19.8 Å². The number of aliphatic hydroxyl groups is 1. The van der Waals surface area contributed by atoms with Gasteiger partial charge in [0.2, 0.25) is 0 Å². The number of benzene rings is 1. The van der Waals surface area contributed by atoms with E-state index in [1.807, 2.05) is 19.9 Å². The normalized spacial score (nSPS) is 15.3. The highest BCUT2D eigenvalue weighted by molar-refractivity contribution is 6.37. The van der Waals surface area contributed by atoms with Crippen molar-refractivity contribution in [2.24, 2.45) is 5.92 Å². The zero-order valence-corrected chi connectivity index (χ0v) is 20.7. The van der Waals surface area contributed by atoms with E-state index in [9.17, 15) is 14.7 Å². The van der Waals surface area contributed by atoms with Crippen molar-refractivity contribution in [2.45, 2.75) is 39.2 Å². The van der Waals surface area contributed by atoms with E-state index in [4.69, 9.17) is 27.9 Å². The third-order valence-electron chi connectivity index (χ3n) is 6.39. The number of methoxy groups -OCH3 is 1. The summed E-state index contributed by atoms with van der Waals surface area (Å²) in [7, 11) is 1.62. The predicted molar refractivity (Wildman–Crippen MR) is 131 cm³/mol. The average molecular weight is 493 g/mol. The minimum atomic E-state index is -0.377. The minimum absolute atomic E-state index is 0.106. The third-order valence-corrected chi connectivity index (χ3v) is 7.14. The highest BCUT2D eigenvalue weighted by atomic mass is 35.5. The number of aromatic nitrogens is 1.